The monoisotopic (exact) mass is 530 g/mol. The van der Waals surface area contributed by atoms with Crippen LogP contribution in [0.1, 0.15) is 31.4 Å². The van der Waals surface area contributed by atoms with E-state index >= 15 is 0 Å². The number of carbonyl (C=O) groups excluding carboxylic acids is 3. The molecule has 9 heteroatoms. The van der Waals surface area contributed by atoms with E-state index in [9.17, 15) is 14.4 Å². The molecule has 1 atom stereocenters. The average Bonchev–Trinajstić information content (AvgIpc) is 3.13. The summed E-state index contributed by atoms with van der Waals surface area (Å²) in [5, 5.41) is 8.49. The lowest BCUT2D eigenvalue weighted by atomic mass is 9.87. The van der Waals surface area contributed by atoms with Crippen LogP contribution < -0.4 is 20.9 Å². The topological polar surface area (TPSA) is 109 Å². The molecule has 39 heavy (non-hydrogen) atoms. The third kappa shape index (κ3) is 6.45. The summed E-state index contributed by atoms with van der Waals surface area (Å²) in [6.45, 7) is 6.54. The van der Waals surface area contributed by atoms with Crippen molar-refractivity contribution in [3.63, 3.8) is 0 Å². The lowest BCUT2D eigenvalue weighted by molar-refractivity contribution is -0.138. The first-order valence-corrected chi connectivity index (χ1v) is 13.0. The minimum absolute atomic E-state index is 0.0981. The summed E-state index contributed by atoms with van der Waals surface area (Å²) < 4.78 is 11.4. The number of nitrogens with one attached hydrogen (secondary N) is 3. The molecule has 4 rings (SSSR count). The lowest BCUT2D eigenvalue weighted by Gasteiger charge is -2.30. The molecule has 0 saturated heterocycles. The maximum absolute atomic E-state index is 14.2. The van der Waals surface area contributed by atoms with Crippen molar-refractivity contribution in [3.05, 3.63) is 90.0 Å². The molecule has 9 nitrogen and oxygen atoms in total. The molecule has 1 aliphatic rings. The van der Waals surface area contributed by atoms with Crippen molar-refractivity contribution in [2.24, 2.45) is 0 Å². The van der Waals surface area contributed by atoms with Crippen molar-refractivity contribution >= 4 is 34.9 Å². The summed E-state index contributed by atoms with van der Waals surface area (Å²) >= 11 is 0. The number of nitrogens with zero attached hydrogens (tertiary/aromatic N) is 1. The number of benzene rings is 3. The molecule has 0 bridgehead atoms. The number of hydrogen-bond acceptors (Lipinski definition) is 5. The number of rotatable bonds is 11. The third-order valence-electron chi connectivity index (χ3n) is 6.42. The normalized spacial score (nSPS) is 16.2. The second-order valence-electron chi connectivity index (χ2n) is 9.21. The van der Waals surface area contributed by atoms with Crippen molar-refractivity contribution in [2.45, 2.75) is 39.0 Å². The van der Waals surface area contributed by atoms with Gasteiger partial charge in [0, 0.05) is 30.2 Å². The van der Waals surface area contributed by atoms with E-state index < -0.39 is 29.7 Å². The van der Waals surface area contributed by atoms with Crippen LogP contribution in [-0.2, 0) is 24.6 Å². The highest BCUT2D eigenvalue weighted by molar-refractivity contribution is 6.12. The van der Waals surface area contributed by atoms with Crippen LogP contribution >= 0.6 is 0 Å². The largest absolute Gasteiger partial charge is 0.351 e. The molecule has 0 fully saturated rings. The van der Waals surface area contributed by atoms with Crippen LogP contribution in [0, 0.1) is 6.92 Å². The van der Waals surface area contributed by atoms with Crippen LogP contribution in [0.15, 0.2) is 78.9 Å². The van der Waals surface area contributed by atoms with Crippen LogP contribution in [0.3, 0.4) is 0 Å². The van der Waals surface area contributed by atoms with Gasteiger partial charge in [0.05, 0.1) is 18.7 Å². The van der Waals surface area contributed by atoms with Crippen molar-refractivity contribution in [1.82, 2.24) is 5.32 Å². The molecule has 0 saturated carbocycles. The molecule has 3 aromatic carbocycles. The molecule has 4 amide bonds. The molecule has 3 N–H and O–H groups in total. The van der Waals surface area contributed by atoms with Gasteiger partial charge < -0.3 is 30.3 Å². The Labute approximate surface area is 228 Å². The van der Waals surface area contributed by atoms with Crippen molar-refractivity contribution < 1.29 is 23.9 Å². The Morgan fingerprint density at radius 3 is 2.13 bits per heavy atom. The zero-order valence-corrected chi connectivity index (χ0v) is 22.4. The molecular weight excluding hydrogens is 496 g/mol. The van der Waals surface area contributed by atoms with Gasteiger partial charge in [0.2, 0.25) is 5.91 Å². The molecular formula is C30H34N4O5. The average molecular weight is 531 g/mol. The number of amides is 4. The van der Waals surface area contributed by atoms with Gasteiger partial charge in [-0.3, -0.25) is 9.59 Å². The molecule has 0 radical (unpaired) electrons. The summed E-state index contributed by atoms with van der Waals surface area (Å²) in [7, 11) is 0. The first-order valence-electron chi connectivity index (χ1n) is 13.0. The molecule has 3 aromatic rings. The molecule has 0 aliphatic carbocycles. The van der Waals surface area contributed by atoms with E-state index in [1.54, 1.807) is 54.6 Å². The smallest absolute Gasteiger partial charge is 0.320 e. The van der Waals surface area contributed by atoms with E-state index in [2.05, 4.69) is 16.0 Å². The highest BCUT2D eigenvalue weighted by Crippen LogP contribution is 2.43. The van der Waals surface area contributed by atoms with Crippen LogP contribution in [0.2, 0.25) is 0 Å². The van der Waals surface area contributed by atoms with Crippen molar-refractivity contribution in [2.75, 3.05) is 35.3 Å². The van der Waals surface area contributed by atoms with E-state index in [1.807, 2.05) is 45.0 Å². The van der Waals surface area contributed by atoms with Gasteiger partial charge in [-0.15, -0.1) is 0 Å². The van der Waals surface area contributed by atoms with E-state index in [-0.39, 0.29) is 13.0 Å². The maximum Gasteiger partial charge on any atom is 0.320 e. The second-order valence-corrected chi connectivity index (χ2v) is 9.21. The van der Waals surface area contributed by atoms with Crippen LogP contribution in [0.4, 0.5) is 21.9 Å². The number of carbonyl (C=O) groups is 3. The van der Waals surface area contributed by atoms with Crippen LogP contribution in [-0.4, -0.2) is 43.9 Å². The zero-order chi connectivity index (χ0) is 27.8. The molecule has 1 heterocycles. The van der Waals surface area contributed by atoms with Gasteiger partial charge in [0.1, 0.15) is 0 Å². The van der Waals surface area contributed by atoms with E-state index in [0.717, 1.165) is 5.56 Å². The molecule has 0 aromatic heterocycles. The number of hydrogen-bond donors (Lipinski definition) is 3. The standard InChI is InChI=1S/C30H34N4O5/c1-4-38-27(39-5-2)20-34-25-14-10-9-13-24(25)30(28(34)36,19-26(35)31-22-11-7-6-8-12-22)33-29(37)32-23-17-15-21(3)16-18-23/h6-18,27H,4-5,19-20H2,1-3H3,(H,31,35)(H2,32,33,37). The first-order chi connectivity index (χ1) is 18.9. The Bertz CT molecular complexity index is 1290. The Morgan fingerprint density at radius 2 is 1.46 bits per heavy atom. The Morgan fingerprint density at radius 1 is 0.846 bits per heavy atom. The first kappa shape index (κ1) is 27.8. The molecule has 204 valence electrons. The van der Waals surface area contributed by atoms with Crippen molar-refractivity contribution in [1.29, 1.82) is 0 Å². The van der Waals surface area contributed by atoms with Crippen molar-refractivity contribution in [3.8, 4) is 0 Å². The van der Waals surface area contributed by atoms with Gasteiger partial charge in [0.15, 0.2) is 11.8 Å². The molecule has 0 spiro atoms. The van der Waals surface area contributed by atoms with Crippen LogP contribution in [0.25, 0.3) is 0 Å². The summed E-state index contributed by atoms with van der Waals surface area (Å²) in [5.74, 6) is -0.872. The minimum Gasteiger partial charge on any atom is -0.351 e. The van der Waals surface area contributed by atoms with Crippen LogP contribution in [0.5, 0.6) is 0 Å². The summed E-state index contributed by atoms with van der Waals surface area (Å²) in [5.41, 5.74) is 1.63. The quantitative estimate of drug-likeness (QED) is 0.309. The number of anilines is 3. The maximum atomic E-state index is 14.2. The van der Waals surface area contributed by atoms with Gasteiger partial charge in [-0.1, -0.05) is 54.1 Å². The fourth-order valence-electron chi connectivity index (χ4n) is 4.68. The Balaban J connectivity index is 1.69. The highest BCUT2D eigenvalue weighted by Gasteiger charge is 2.53. The van der Waals surface area contributed by atoms with Gasteiger partial charge in [-0.05, 0) is 51.1 Å². The van der Waals surface area contributed by atoms with E-state index in [1.165, 1.54) is 4.90 Å². The fraction of sp³-hybridized carbons (Fsp3) is 0.300. The number of para-hydroxylation sites is 2. The third-order valence-corrected chi connectivity index (χ3v) is 6.42. The Hall–Kier alpha value is -4.21. The molecule has 1 aliphatic heterocycles. The van der Waals surface area contributed by atoms with E-state index in [0.29, 0.717) is 35.8 Å². The van der Waals surface area contributed by atoms with Gasteiger partial charge >= 0.3 is 6.03 Å². The van der Waals surface area contributed by atoms with Gasteiger partial charge in [-0.2, -0.15) is 0 Å². The minimum atomic E-state index is -1.66. The SMILES string of the molecule is CCOC(CN1C(=O)C(CC(=O)Nc2ccccc2)(NC(=O)Nc2ccc(C)cc2)c2ccccc21)OCC. The second kappa shape index (κ2) is 12.6. The number of fused-ring (bicyclic) bond motifs is 1. The predicted molar refractivity (Wildman–Crippen MR) is 151 cm³/mol. The number of aryl methyl sites for hydroxylation is 1. The van der Waals surface area contributed by atoms with E-state index in [4.69, 9.17) is 9.47 Å². The zero-order valence-electron chi connectivity index (χ0n) is 22.4. The summed E-state index contributed by atoms with van der Waals surface area (Å²) in [6, 6.07) is 22.8. The summed E-state index contributed by atoms with van der Waals surface area (Å²) in [6.07, 6.45) is -0.990. The summed E-state index contributed by atoms with van der Waals surface area (Å²) in [4.78, 5) is 42.4. The van der Waals surface area contributed by atoms with Gasteiger partial charge in [0.25, 0.3) is 5.91 Å². The predicted octanol–water partition coefficient (Wildman–Crippen LogP) is 4.79. The Kier molecular flexibility index (Phi) is 8.96. The fourth-order valence-corrected chi connectivity index (χ4v) is 4.68. The van der Waals surface area contributed by atoms with Gasteiger partial charge in [-0.25, -0.2) is 4.79 Å². The number of urea groups is 1. The highest BCUT2D eigenvalue weighted by atomic mass is 16.7. The molecule has 1 unspecified atom stereocenters. The number of ether oxygens (including phenoxy) is 2. The lowest BCUT2D eigenvalue weighted by Crippen LogP contribution is -2.56.